The lowest BCUT2D eigenvalue weighted by atomic mass is 10.1. The molecule has 4 aromatic rings. The van der Waals surface area contributed by atoms with Crippen molar-refractivity contribution < 1.29 is 9.53 Å². The molecule has 1 N–H and O–H groups in total. The number of carbonyl (C=O) groups is 1. The first-order valence-electron chi connectivity index (χ1n) is 8.80. The van der Waals surface area contributed by atoms with Gasteiger partial charge in [0.1, 0.15) is 16.8 Å². The molecule has 0 radical (unpaired) electrons. The summed E-state index contributed by atoms with van der Waals surface area (Å²) in [5.74, 6) is 0.167. The van der Waals surface area contributed by atoms with Gasteiger partial charge in [0.05, 0.1) is 10.7 Å². The second kappa shape index (κ2) is 8.11. The van der Waals surface area contributed by atoms with Crippen molar-refractivity contribution in [3.63, 3.8) is 0 Å². The van der Waals surface area contributed by atoms with E-state index in [0.29, 0.717) is 27.0 Å². The van der Waals surface area contributed by atoms with Crippen molar-refractivity contribution in [2.45, 2.75) is 6.92 Å². The third-order valence-electron chi connectivity index (χ3n) is 4.25. The van der Waals surface area contributed by atoms with Gasteiger partial charge in [-0.1, -0.05) is 35.3 Å². The molecule has 4 rings (SSSR count). The Bertz CT molecular complexity index is 1190. The fourth-order valence-corrected chi connectivity index (χ4v) is 3.10. The molecule has 0 aliphatic rings. The number of aromatic nitrogens is 3. The molecule has 0 aliphatic carbocycles. The topological polar surface area (TPSA) is 69.0 Å². The van der Waals surface area contributed by atoms with E-state index in [1.165, 1.54) is 4.80 Å². The fraction of sp³-hybridized carbons (Fsp3) is 0.0952. The minimum absolute atomic E-state index is 0.154. The summed E-state index contributed by atoms with van der Waals surface area (Å²) in [5, 5.41) is 12.9. The van der Waals surface area contributed by atoms with Crippen LogP contribution >= 0.6 is 23.2 Å². The van der Waals surface area contributed by atoms with Crippen LogP contribution in [0.15, 0.2) is 60.7 Å². The summed E-state index contributed by atoms with van der Waals surface area (Å²) in [5.41, 5.74) is 3.69. The Hall–Kier alpha value is -3.09. The summed E-state index contributed by atoms with van der Waals surface area (Å²) >= 11 is 12.0. The predicted molar refractivity (Wildman–Crippen MR) is 114 cm³/mol. The molecule has 6 nitrogen and oxygen atoms in total. The van der Waals surface area contributed by atoms with Crippen LogP contribution in [0.2, 0.25) is 10.0 Å². The zero-order valence-electron chi connectivity index (χ0n) is 15.4. The van der Waals surface area contributed by atoms with Gasteiger partial charge in [0.15, 0.2) is 6.61 Å². The first-order valence-corrected chi connectivity index (χ1v) is 9.56. The normalized spacial score (nSPS) is 10.9. The number of para-hydroxylation sites is 1. The molecule has 146 valence electrons. The quantitative estimate of drug-likeness (QED) is 0.484. The molecule has 0 unspecified atom stereocenters. The van der Waals surface area contributed by atoms with Gasteiger partial charge in [0.25, 0.3) is 5.91 Å². The highest BCUT2D eigenvalue weighted by molar-refractivity contribution is 6.32. The van der Waals surface area contributed by atoms with Gasteiger partial charge in [-0.25, -0.2) is 0 Å². The number of aryl methyl sites for hydroxylation is 1. The van der Waals surface area contributed by atoms with Gasteiger partial charge >= 0.3 is 0 Å². The van der Waals surface area contributed by atoms with Crippen molar-refractivity contribution in [2.24, 2.45) is 0 Å². The van der Waals surface area contributed by atoms with Crippen molar-refractivity contribution in [1.29, 1.82) is 0 Å². The molecule has 0 saturated carbocycles. The lowest BCUT2D eigenvalue weighted by Gasteiger charge is -2.10. The molecule has 1 aromatic heterocycles. The molecule has 0 atom stereocenters. The number of hydrogen-bond acceptors (Lipinski definition) is 4. The Labute approximate surface area is 177 Å². The van der Waals surface area contributed by atoms with Gasteiger partial charge in [-0.15, -0.1) is 10.2 Å². The van der Waals surface area contributed by atoms with Crippen molar-refractivity contribution in [2.75, 3.05) is 11.9 Å². The second-order valence-electron chi connectivity index (χ2n) is 6.39. The number of halogens is 2. The summed E-state index contributed by atoms with van der Waals surface area (Å²) in [4.78, 5) is 13.8. The van der Waals surface area contributed by atoms with E-state index in [1.807, 2.05) is 25.1 Å². The highest BCUT2D eigenvalue weighted by atomic mass is 35.5. The number of nitrogens with one attached hydrogen (secondary N) is 1. The van der Waals surface area contributed by atoms with Crippen molar-refractivity contribution in [1.82, 2.24) is 15.0 Å². The first-order chi connectivity index (χ1) is 14.0. The molecule has 8 heteroatoms. The van der Waals surface area contributed by atoms with E-state index in [9.17, 15) is 4.79 Å². The molecule has 0 bridgehead atoms. The molecule has 0 saturated heterocycles. The summed E-state index contributed by atoms with van der Waals surface area (Å²) < 4.78 is 5.48. The standard InChI is InChI=1S/C21H16Cl2N4O2/c1-13-10-18-19(26-27(25-18)15-8-6-14(22)7-9-15)11-17(13)24-21(28)12-29-20-5-3-2-4-16(20)23/h2-11H,12H2,1H3,(H,24,28). The average Bonchev–Trinajstić information content (AvgIpc) is 3.11. The van der Waals surface area contributed by atoms with Crippen LogP contribution in [-0.4, -0.2) is 27.5 Å². The Balaban J connectivity index is 1.51. The lowest BCUT2D eigenvalue weighted by Crippen LogP contribution is -2.20. The van der Waals surface area contributed by atoms with E-state index in [0.717, 1.165) is 16.8 Å². The number of fused-ring (bicyclic) bond motifs is 1. The maximum absolute atomic E-state index is 12.3. The third kappa shape index (κ3) is 4.34. The van der Waals surface area contributed by atoms with Gasteiger partial charge in [0, 0.05) is 10.7 Å². The summed E-state index contributed by atoms with van der Waals surface area (Å²) in [6.07, 6.45) is 0. The van der Waals surface area contributed by atoms with Crippen LogP contribution in [0.4, 0.5) is 5.69 Å². The summed E-state index contributed by atoms with van der Waals surface area (Å²) in [7, 11) is 0. The zero-order valence-corrected chi connectivity index (χ0v) is 16.9. The van der Waals surface area contributed by atoms with E-state index in [-0.39, 0.29) is 12.5 Å². The molecule has 1 heterocycles. The number of ether oxygens (including phenoxy) is 1. The van der Waals surface area contributed by atoms with Crippen LogP contribution < -0.4 is 10.1 Å². The number of anilines is 1. The van der Waals surface area contributed by atoms with Gasteiger partial charge in [-0.2, -0.15) is 4.80 Å². The Morgan fingerprint density at radius 2 is 1.72 bits per heavy atom. The van der Waals surface area contributed by atoms with Crippen LogP contribution in [0, 0.1) is 6.92 Å². The van der Waals surface area contributed by atoms with Crippen molar-refractivity contribution >= 4 is 45.8 Å². The molecule has 3 aromatic carbocycles. The molecule has 29 heavy (non-hydrogen) atoms. The number of benzene rings is 3. The van der Waals surface area contributed by atoms with E-state index in [1.54, 1.807) is 42.5 Å². The molecule has 0 aliphatic heterocycles. The van der Waals surface area contributed by atoms with E-state index in [2.05, 4.69) is 15.5 Å². The Kier molecular flexibility index (Phi) is 5.38. The smallest absolute Gasteiger partial charge is 0.262 e. The minimum atomic E-state index is -0.294. The summed E-state index contributed by atoms with van der Waals surface area (Å²) in [6.45, 7) is 1.74. The van der Waals surface area contributed by atoms with Crippen molar-refractivity contribution in [3.8, 4) is 11.4 Å². The molecule has 1 amide bonds. The van der Waals surface area contributed by atoms with Crippen LogP contribution in [-0.2, 0) is 4.79 Å². The monoisotopic (exact) mass is 426 g/mol. The van der Waals surface area contributed by atoms with Gasteiger partial charge in [-0.05, 0) is 61.0 Å². The van der Waals surface area contributed by atoms with Crippen LogP contribution in [0.5, 0.6) is 5.75 Å². The Morgan fingerprint density at radius 3 is 2.45 bits per heavy atom. The summed E-state index contributed by atoms with van der Waals surface area (Å²) in [6, 6.07) is 17.9. The van der Waals surface area contributed by atoms with Crippen LogP contribution in [0.25, 0.3) is 16.7 Å². The van der Waals surface area contributed by atoms with Crippen LogP contribution in [0.3, 0.4) is 0 Å². The largest absolute Gasteiger partial charge is 0.482 e. The fourth-order valence-electron chi connectivity index (χ4n) is 2.78. The number of rotatable bonds is 5. The number of hydrogen-bond donors (Lipinski definition) is 1. The zero-order chi connectivity index (χ0) is 20.4. The number of nitrogens with zero attached hydrogens (tertiary/aromatic N) is 3. The number of amides is 1. The Morgan fingerprint density at radius 1 is 1.03 bits per heavy atom. The van der Waals surface area contributed by atoms with E-state index in [4.69, 9.17) is 27.9 Å². The maximum Gasteiger partial charge on any atom is 0.262 e. The lowest BCUT2D eigenvalue weighted by molar-refractivity contribution is -0.118. The van der Waals surface area contributed by atoms with Crippen LogP contribution in [0.1, 0.15) is 5.56 Å². The third-order valence-corrected chi connectivity index (χ3v) is 4.82. The molecule has 0 fully saturated rings. The maximum atomic E-state index is 12.3. The van der Waals surface area contributed by atoms with Gasteiger partial charge in [0.2, 0.25) is 0 Å². The van der Waals surface area contributed by atoms with Gasteiger partial charge < -0.3 is 10.1 Å². The molecule has 0 spiro atoms. The average molecular weight is 427 g/mol. The predicted octanol–water partition coefficient (Wildman–Crippen LogP) is 5.05. The SMILES string of the molecule is Cc1cc2nn(-c3ccc(Cl)cc3)nc2cc1NC(=O)COc1ccccc1Cl. The highest BCUT2D eigenvalue weighted by Gasteiger charge is 2.12. The van der Waals surface area contributed by atoms with E-state index >= 15 is 0 Å². The molecular formula is C21H16Cl2N4O2. The van der Waals surface area contributed by atoms with Crippen molar-refractivity contribution in [3.05, 3.63) is 76.3 Å². The highest BCUT2D eigenvalue weighted by Crippen LogP contribution is 2.24. The number of carbonyl (C=O) groups excluding carboxylic acids is 1. The second-order valence-corrected chi connectivity index (χ2v) is 7.23. The minimum Gasteiger partial charge on any atom is -0.482 e. The van der Waals surface area contributed by atoms with Gasteiger partial charge in [-0.3, -0.25) is 4.79 Å². The first kappa shape index (κ1) is 19.2. The molecular weight excluding hydrogens is 411 g/mol. The van der Waals surface area contributed by atoms with E-state index < -0.39 is 0 Å².